The molecule has 32 heavy (non-hydrogen) atoms. The van der Waals surface area contributed by atoms with Crippen LogP contribution in [0.5, 0.6) is 5.75 Å². The largest absolute Gasteiger partial charge is 0.495 e. The number of amides is 1. The summed E-state index contributed by atoms with van der Waals surface area (Å²) in [5.41, 5.74) is 8.46. The Morgan fingerprint density at radius 2 is 2.00 bits per heavy atom. The van der Waals surface area contributed by atoms with Crippen molar-refractivity contribution in [3.63, 3.8) is 0 Å². The van der Waals surface area contributed by atoms with Crippen molar-refractivity contribution in [3.05, 3.63) is 83.7 Å². The number of anilines is 1. The maximum atomic E-state index is 13.7. The van der Waals surface area contributed by atoms with Gasteiger partial charge in [0, 0.05) is 23.3 Å². The van der Waals surface area contributed by atoms with Crippen LogP contribution >= 0.6 is 0 Å². The molecule has 0 aliphatic carbocycles. The molecule has 8 nitrogen and oxygen atoms in total. The van der Waals surface area contributed by atoms with Crippen molar-refractivity contribution in [2.75, 3.05) is 12.8 Å². The summed E-state index contributed by atoms with van der Waals surface area (Å²) in [6.07, 6.45) is 4.56. The van der Waals surface area contributed by atoms with Gasteiger partial charge in [-0.05, 0) is 61.9 Å². The zero-order valence-corrected chi connectivity index (χ0v) is 17.7. The lowest BCUT2D eigenvalue weighted by Crippen LogP contribution is -2.34. The minimum atomic E-state index is -2.57. The van der Waals surface area contributed by atoms with Gasteiger partial charge in [-0.25, -0.2) is 15.0 Å². The molecule has 8 heteroatoms. The van der Waals surface area contributed by atoms with Crippen molar-refractivity contribution in [2.45, 2.75) is 26.4 Å². The van der Waals surface area contributed by atoms with E-state index >= 15 is 0 Å². The summed E-state index contributed by atoms with van der Waals surface area (Å²) in [5.74, 6) is 0.799. The predicted octanol–water partition coefficient (Wildman–Crippen LogP) is 3.72. The molecule has 0 radical (unpaired) electrons. The molecule has 4 aromatic rings. The third-order valence-electron chi connectivity index (χ3n) is 5.23. The lowest BCUT2D eigenvalue weighted by molar-refractivity contribution is 0.0663. The SMILES string of the molecule is [2H]C([2H])([2H])Oc1ccc(CN(C(=O)c2ccc3nc(N)c(C)cc3c2)[C@H](C)c2ncccn2)nc1. The Bertz CT molecular complexity index is 1350. The van der Waals surface area contributed by atoms with Crippen LogP contribution in [0, 0.1) is 6.92 Å². The van der Waals surface area contributed by atoms with Gasteiger partial charge in [0.2, 0.25) is 0 Å². The Balaban J connectivity index is 1.67. The highest BCUT2D eigenvalue weighted by atomic mass is 16.5. The van der Waals surface area contributed by atoms with Crippen molar-refractivity contribution in [1.82, 2.24) is 24.8 Å². The molecule has 1 aromatic carbocycles. The summed E-state index contributed by atoms with van der Waals surface area (Å²) < 4.78 is 26.6. The van der Waals surface area contributed by atoms with Gasteiger partial charge in [0.25, 0.3) is 5.91 Å². The van der Waals surface area contributed by atoms with E-state index in [0.717, 1.165) is 10.9 Å². The van der Waals surface area contributed by atoms with Gasteiger partial charge in [0.1, 0.15) is 17.4 Å². The van der Waals surface area contributed by atoms with Crippen molar-refractivity contribution in [2.24, 2.45) is 0 Å². The topological polar surface area (TPSA) is 107 Å². The number of pyridine rings is 2. The molecule has 0 fully saturated rings. The van der Waals surface area contributed by atoms with Crippen molar-refractivity contribution < 1.29 is 13.6 Å². The Kier molecular flexibility index (Phi) is 4.93. The minimum absolute atomic E-state index is 0.114. The van der Waals surface area contributed by atoms with Crippen LogP contribution in [-0.4, -0.2) is 37.8 Å². The summed E-state index contributed by atoms with van der Waals surface area (Å²) in [4.78, 5) is 32.6. The Labute approximate surface area is 190 Å². The van der Waals surface area contributed by atoms with Crippen LogP contribution in [0.15, 0.2) is 61.1 Å². The normalized spacial score (nSPS) is 13.6. The number of methoxy groups -OCH3 is 1. The molecule has 0 bridgehead atoms. The lowest BCUT2D eigenvalue weighted by Gasteiger charge is -2.28. The van der Waals surface area contributed by atoms with Crippen LogP contribution in [-0.2, 0) is 6.54 Å². The quantitative estimate of drug-likeness (QED) is 0.496. The van der Waals surface area contributed by atoms with Gasteiger partial charge >= 0.3 is 0 Å². The second kappa shape index (κ2) is 8.97. The number of hydrogen-bond acceptors (Lipinski definition) is 7. The number of nitrogen functional groups attached to an aromatic ring is 1. The molecule has 0 saturated carbocycles. The molecule has 1 atom stereocenters. The molecule has 0 aliphatic heterocycles. The van der Waals surface area contributed by atoms with Crippen LogP contribution in [0.3, 0.4) is 0 Å². The van der Waals surface area contributed by atoms with Crippen molar-refractivity contribution in [3.8, 4) is 5.75 Å². The first kappa shape index (κ1) is 17.6. The van der Waals surface area contributed by atoms with Crippen LogP contribution in [0.2, 0.25) is 0 Å². The van der Waals surface area contributed by atoms with Gasteiger partial charge in [-0.2, -0.15) is 0 Å². The third-order valence-corrected chi connectivity index (χ3v) is 5.23. The number of nitrogens with two attached hydrogens (primary N) is 1. The number of aryl methyl sites for hydroxylation is 1. The number of ether oxygens (including phenoxy) is 1. The van der Waals surface area contributed by atoms with E-state index in [-0.39, 0.29) is 18.2 Å². The van der Waals surface area contributed by atoms with Gasteiger partial charge < -0.3 is 15.4 Å². The molecule has 0 saturated heterocycles. The number of fused-ring (bicyclic) bond motifs is 1. The summed E-state index contributed by atoms with van der Waals surface area (Å²) in [6.45, 7) is 3.85. The molecule has 4 rings (SSSR count). The molecule has 3 heterocycles. The van der Waals surface area contributed by atoms with E-state index < -0.39 is 13.1 Å². The zero-order valence-electron chi connectivity index (χ0n) is 20.7. The first-order valence-corrected chi connectivity index (χ1v) is 9.99. The number of rotatable bonds is 6. The second-order valence-corrected chi connectivity index (χ2v) is 7.40. The summed E-state index contributed by atoms with van der Waals surface area (Å²) >= 11 is 0. The van der Waals surface area contributed by atoms with E-state index in [2.05, 4.69) is 19.9 Å². The van der Waals surface area contributed by atoms with E-state index in [1.807, 2.05) is 19.9 Å². The summed E-state index contributed by atoms with van der Waals surface area (Å²) in [7, 11) is -2.57. The number of carbonyl (C=O) groups excluding carboxylic acids is 1. The van der Waals surface area contributed by atoms with Crippen LogP contribution in [0.1, 0.15) is 44.5 Å². The first-order valence-electron chi connectivity index (χ1n) is 11.5. The molecule has 0 unspecified atom stereocenters. The number of nitrogens with zero attached hydrogens (tertiary/aromatic N) is 5. The van der Waals surface area contributed by atoms with E-state index in [0.29, 0.717) is 28.4 Å². The van der Waals surface area contributed by atoms with E-state index in [9.17, 15) is 4.79 Å². The highest BCUT2D eigenvalue weighted by Gasteiger charge is 2.25. The predicted molar refractivity (Wildman–Crippen MR) is 122 cm³/mol. The van der Waals surface area contributed by atoms with Crippen LogP contribution < -0.4 is 10.5 Å². The van der Waals surface area contributed by atoms with Gasteiger partial charge in [0.15, 0.2) is 0 Å². The zero-order chi connectivity index (χ0) is 25.2. The highest BCUT2D eigenvalue weighted by Crippen LogP contribution is 2.25. The van der Waals surface area contributed by atoms with E-state index in [1.54, 1.807) is 47.6 Å². The molecule has 0 spiro atoms. The number of carbonyl (C=O) groups is 1. The fourth-order valence-corrected chi connectivity index (χ4v) is 3.39. The fraction of sp³-hybridized carbons (Fsp3) is 0.208. The third kappa shape index (κ3) is 4.34. The van der Waals surface area contributed by atoms with Gasteiger partial charge in [0.05, 0.1) is 41.1 Å². The molecule has 0 aliphatic rings. The Hall–Kier alpha value is -4.07. The van der Waals surface area contributed by atoms with Gasteiger partial charge in [-0.3, -0.25) is 9.78 Å². The van der Waals surface area contributed by atoms with Gasteiger partial charge in [-0.1, -0.05) is 0 Å². The summed E-state index contributed by atoms with van der Waals surface area (Å²) in [5, 5.41) is 0.801. The average Bonchev–Trinajstić information content (AvgIpc) is 2.83. The minimum Gasteiger partial charge on any atom is -0.495 e. The van der Waals surface area contributed by atoms with E-state index in [1.165, 1.54) is 12.3 Å². The molecule has 2 N–H and O–H groups in total. The fourth-order valence-electron chi connectivity index (χ4n) is 3.39. The molecular weight excluding hydrogens is 404 g/mol. The number of benzene rings is 1. The monoisotopic (exact) mass is 431 g/mol. The maximum absolute atomic E-state index is 13.7. The average molecular weight is 432 g/mol. The smallest absolute Gasteiger partial charge is 0.254 e. The van der Waals surface area contributed by atoms with E-state index in [4.69, 9.17) is 14.6 Å². The van der Waals surface area contributed by atoms with Crippen molar-refractivity contribution >= 4 is 22.6 Å². The second-order valence-electron chi connectivity index (χ2n) is 7.40. The first-order chi connectivity index (χ1) is 16.6. The molecule has 3 aromatic heterocycles. The van der Waals surface area contributed by atoms with Crippen molar-refractivity contribution in [1.29, 1.82) is 0 Å². The van der Waals surface area contributed by atoms with Gasteiger partial charge in [-0.15, -0.1) is 0 Å². The molecular formula is C24H24N6O2. The number of aromatic nitrogens is 4. The Morgan fingerprint density at radius 1 is 1.19 bits per heavy atom. The molecule has 162 valence electrons. The standard InChI is InChI=1S/C24H24N6O2/c1-15-11-18-12-17(5-8-21(18)29-22(15)25)24(31)30(16(2)23-26-9-4-10-27-23)14-19-6-7-20(32-3)13-28-19/h4-13,16H,14H2,1-3H3,(H2,25,29)/t16-/m1/s1/i3D3. The number of hydrogen-bond donors (Lipinski definition) is 1. The molecule has 1 amide bonds. The maximum Gasteiger partial charge on any atom is 0.254 e. The van der Waals surface area contributed by atoms with Crippen LogP contribution in [0.4, 0.5) is 5.82 Å². The summed E-state index contributed by atoms with van der Waals surface area (Å²) in [6, 6.07) is 11.5. The Morgan fingerprint density at radius 3 is 2.72 bits per heavy atom. The lowest BCUT2D eigenvalue weighted by atomic mass is 10.1. The highest BCUT2D eigenvalue weighted by molar-refractivity contribution is 5.98. The van der Waals surface area contributed by atoms with Crippen LogP contribution in [0.25, 0.3) is 10.9 Å².